The minimum absolute atomic E-state index is 0.0641. The topological polar surface area (TPSA) is 76.5 Å². The van der Waals surface area contributed by atoms with Crippen molar-refractivity contribution < 1.29 is 0 Å². The van der Waals surface area contributed by atoms with E-state index in [2.05, 4.69) is 27.1 Å². The number of aromatic nitrogens is 5. The fraction of sp³-hybridized carbons (Fsp3) is 0.250. The Morgan fingerprint density at radius 1 is 0.933 bits per heavy atom. The molecule has 0 atom stereocenters. The summed E-state index contributed by atoms with van der Waals surface area (Å²) in [5.74, 6) is 0. The summed E-state index contributed by atoms with van der Waals surface area (Å²) in [4.78, 5) is 29.9. The number of pyridine rings is 3. The largest absolute Gasteiger partial charge is 0.326 e. The summed E-state index contributed by atoms with van der Waals surface area (Å²) in [6.07, 6.45) is 9.23. The van der Waals surface area contributed by atoms with Crippen molar-refractivity contribution in [3.63, 3.8) is 0 Å². The lowest BCUT2D eigenvalue weighted by Gasteiger charge is -2.23. The molecule has 4 heterocycles. The van der Waals surface area contributed by atoms with Gasteiger partial charge in [-0.25, -0.2) is 9.78 Å². The number of hydrogen-bond donors (Lipinski definition) is 1. The van der Waals surface area contributed by atoms with E-state index in [1.54, 1.807) is 6.20 Å². The molecular weight excluding hydrogens is 374 g/mol. The number of para-hydroxylation sites is 1. The first-order valence-electron chi connectivity index (χ1n) is 10.5. The highest BCUT2D eigenvalue weighted by Gasteiger charge is 2.22. The molecule has 1 aliphatic carbocycles. The quantitative estimate of drug-likeness (QED) is 0.457. The zero-order chi connectivity index (χ0) is 20.1. The normalized spacial score (nSPS) is 15.3. The number of nitrogens with one attached hydrogen (secondary N) is 1. The van der Waals surface area contributed by atoms with E-state index in [9.17, 15) is 4.79 Å². The first-order valence-corrected chi connectivity index (χ1v) is 10.5. The molecule has 30 heavy (non-hydrogen) atoms. The van der Waals surface area contributed by atoms with Gasteiger partial charge in [0.05, 0.1) is 34.0 Å². The van der Waals surface area contributed by atoms with Crippen LogP contribution in [0.2, 0.25) is 0 Å². The van der Waals surface area contributed by atoms with Crippen LogP contribution in [0, 0.1) is 0 Å². The van der Waals surface area contributed by atoms with Crippen LogP contribution in [0.25, 0.3) is 44.2 Å². The van der Waals surface area contributed by atoms with Gasteiger partial charge in [0.1, 0.15) is 5.52 Å². The lowest BCUT2D eigenvalue weighted by Crippen LogP contribution is -2.24. The van der Waals surface area contributed by atoms with Crippen molar-refractivity contribution in [1.29, 1.82) is 0 Å². The van der Waals surface area contributed by atoms with E-state index in [4.69, 9.17) is 4.98 Å². The minimum atomic E-state index is -0.0641. The van der Waals surface area contributed by atoms with Crippen LogP contribution in [-0.4, -0.2) is 24.5 Å². The molecule has 5 aromatic rings. The summed E-state index contributed by atoms with van der Waals surface area (Å²) in [5, 5.41) is 1.08. The van der Waals surface area contributed by atoms with Crippen LogP contribution in [0.4, 0.5) is 0 Å². The van der Waals surface area contributed by atoms with Gasteiger partial charge in [-0.15, -0.1) is 0 Å². The van der Waals surface area contributed by atoms with Crippen LogP contribution in [0.5, 0.6) is 0 Å². The fourth-order valence-corrected chi connectivity index (χ4v) is 4.72. The van der Waals surface area contributed by atoms with Gasteiger partial charge in [0, 0.05) is 23.2 Å². The van der Waals surface area contributed by atoms with Crippen molar-refractivity contribution in [2.45, 2.75) is 38.1 Å². The molecule has 1 saturated carbocycles. The maximum absolute atomic E-state index is 12.8. The van der Waals surface area contributed by atoms with Crippen molar-refractivity contribution in [3.05, 3.63) is 65.3 Å². The molecule has 1 N–H and O–H groups in total. The Bertz CT molecular complexity index is 1460. The first kappa shape index (κ1) is 17.3. The number of hydrogen-bond acceptors (Lipinski definition) is 4. The second kappa shape index (κ2) is 6.76. The van der Waals surface area contributed by atoms with Gasteiger partial charge in [-0.05, 0) is 37.1 Å². The third-order valence-corrected chi connectivity index (χ3v) is 6.21. The van der Waals surface area contributed by atoms with Gasteiger partial charge in [-0.2, -0.15) is 0 Å². The molecule has 0 radical (unpaired) electrons. The highest BCUT2D eigenvalue weighted by Crippen LogP contribution is 2.32. The third-order valence-electron chi connectivity index (χ3n) is 6.21. The predicted molar refractivity (Wildman–Crippen MR) is 119 cm³/mol. The molecule has 6 nitrogen and oxygen atoms in total. The molecule has 0 bridgehead atoms. The molecule has 1 fully saturated rings. The Balaban J connectivity index is 1.58. The van der Waals surface area contributed by atoms with Gasteiger partial charge >= 0.3 is 5.69 Å². The van der Waals surface area contributed by atoms with E-state index in [1.807, 2.05) is 41.1 Å². The average molecular weight is 395 g/mol. The molecule has 1 aromatic carbocycles. The zero-order valence-corrected chi connectivity index (χ0v) is 16.5. The summed E-state index contributed by atoms with van der Waals surface area (Å²) in [7, 11) is 0. The number of nitrogens with zero attached hydrogens (tertiary/aromatic N) is 4. The standard InChI is InChI=1S/C24H21N5O/c30-24-28-21-14-26-20-11-10-19(16-12-15-6-4-5-9-18(15)25-13-16)27-22(20)23(21)29(24)17-7-2-1-3-8-17/h4-6,9-14,17H,1-3,7-8H2,(H,28,30). The zero-order valence-electron chi connectivity index (χ0n) is 16.5. The van der Waals surface area contributed by atoms with E-state index in [0.717, 1.165) is 69.9 Å². The van der Waals surface area contributed by atoms with Gasteiger partial charge in [-0.1, -0.05) is 37.5 Å². The average Bonchev–Trinajstić information content (AvgIpc) is 3.15. The van der Waals surface area contributed by atoms with Crippen LogP contribution in [0.15, 0.2) is 59.7 Å². The molecule has 0 spiro atoms. The van der Waals surface area contributed by atoms with Gasteiger partial charge in [0.15, 0.2) is 0 Å². The maximum Gasteiger partial charge on any atom is 0.326 e. The van der Waals surface area contributed by atoms with Crippen LogP contribution in [0.1, 0.15) is 38.1 Å². The molecule has 6 rings (SSSR count). The number of rotatable bonds is 2. The Morgan fingerprint density at radius 3 is 2.67 bits per heavy atom. The molecular formula is C24H21N5O. The molecule has 6 heteroatoms. The van der Waals surface area contributed by atoms with Crippen molar-refractivity contribution in [1.82, 2.24) is 24.5 Å². The highest BCUT2D eigenvalue weighted by molar-refractivity contribution is 6.00. The van der Waals surface area contributed by atoms with Gasteiger partial charge < -0.3 is 4.98 Å². The summed E-state index contributed by atoms with van der Waals surface area (Å²) in [5.41, 5.74) is 5.86. The third kappa shape index (κ3) is 2.71. The van der Waals surface area contributed by atoms with E-state index in [0.29, 0.717) is 0 Å². The second-order valence-electron chi connectivity index (χ2n) is 8.09. The number of aromatic amines is 1. The Morgan fingerprint density at radius 2 is 1.77 bits per heavy atom. The molecule has 0 unspecified atom stereocenters. The molecule has 0 amide bonds. The first-order chi connectivity index (χ1) is 14.8. The Labute approximate surface area is 172 Å². The Kier molecular flexibility index (Phi) is 3.91. The van der Waals surface area contributed by atoms with Gasteiger partial charge in [0.2, 0.25) is 0 Å². The second-order valence-corrected chi connectivity index (χ2v) is 8.09. The summed E-state index contributed by atoms with van der Waals surface area (Å²) >= 11 is 0. The van der Waals surface area contributed by atoms with E-state index in [-0.39, 0.29) is 11.7 Å². The van der Waals surface area contributed by atoms with Crippen LogP contribution >= 0.6 is 0 Å². The molecule has 148 valence electrons. The van der Waals surface area contributed by atoms with Crippen LogP contribution in [-0.2, 0) is 0 Å². The van der Waals surface area contributed by atoms with Crippen molar-refractivity contribution in [3.8, 4) is 11.3 Å². The van der Waals surface area contributed by atoms with E-state index >= 15 is 0 Å². The summed E-state index contributed by atoms with van der Waals surface area (Å²) in [6, 6.07) is 14.3. The fourth-order valence-electron chi connectivity index (χ4n) is 4.72. The summed E-state index contributed by atoms with van der Waals surface area (Å²) in [6.45, 7) is 0. The van der Waals surface area contributed by atoms with E-state index in [1.165, 1.54) is 6.42 Å². The number of imidazole rings is 1. The van der Waals surface area contributed by atoms with Gasteiger partial charge in [-0.3, -0.25) is 14.5 Å². The number of fused-ring (bicyclic) bond motifs is 4. The van der Waals surface area contributed by atoms with Crippen molar-refractivity contribution >= 4 is 33.0 Å². The van der Waals surface area contributed by atoms with Gasteiger partial charge in [0.25, 0.3) is 0 Å². The minimum Gasteiger partial charge on any atom is -0.304 e. The van der Waals surface area contributed by atoms with E-state index < -0.39 is 0 Å². The van der Waals surface area contributed by atoms with Crippen molar-refractivity contribution in [2.24, 2.45) is 0 Å². The number of H-pyrrole nitrogens is 1. The molecule has 4 aromatic heterocycles. The lowest BCUT2D eigenvalue weighted by atomic mass is 9.95. The van der Waals surface area contributed by atoms with Crippen molar-refractivity contribution in [2.75, 3.05) is 0 Å². The lowest BCUT2D eigenvalue weighted by molar-refractivity contribution is 0.354. The monoisotopic (exact) mass is 395 g/mol. The van der Waals surface area contributed by atoms with Crippen LogP contribution in [0.3, 0.4) is 0 Å². The number of benzene rings is 1. The SMILES string of the molecule is O=c1[nH]c2cnc3ccc(-c4cnc5ccccc5c4)nc3c2n1C1CCCCC1. The summed E-state index contributed by atoms with van der Waals surface area (Å²) < 4.78 is 1.92. The highest BCUT2D eigenvalue weighted by atomic mass is 16.1. The Hall–Kier alpha value is -3.54. The maximum atomic E-state index is 12.8. The molecule has 1 aliphatic rings. The predicted octanol–water partition coefficient (Wildman–Crippen LogP) is 4.99. The van der Waals surface area contributed by atoms with Crippen LogP contribution < -0.4 is 5.69 Å². The molecule has 0 aliphatic heterocycles. The molecule has 0 saturated heterocycles. The smallest absolute Gasteiger partial charge is 0.304 e.